The molecule has 0 radical (unpaired) electrons. The summed E-state index contributed by atoms with van der Waals surface area (Å²) >= 11 is 0. The Kier molecular flexibility index (Phi) is 5.89. The average Bonchev–Trinajstić information content (AvgIpc) is 3.53. The van der Waals surface area contributed by atoms with Crippen molar-refractivity contribution < 1.29 is 13.9 Å². The van der Waals surface area contributed by atoms with E-state index < -0.39 is 6.17 Å². The van der Waals surface area contributed by atoms with Crippen LogP contribution in [-0.2, 0) is 0 Å². The Bertz CT molecular complexity index is 1250. The van der Waals surface area contributed by atoms with Crippen LogP contribution in [0.5, 0.6) is 5.75 Å². The van der Waals surface area contributed by atoms with Crippen LogP contribution in [0.2, 0.25) is 0 Å². The number of amides is 1. The van der Waals surface area contributed by atoms with Crippen LogP contribution in [0.15, 0.2) is 53.5 Å². The first-order chi connectivity index (χ1) is 16.0. The van der Waals surface area contributed by atoms with Crippen molar-refractivity contribution in [1.82, 2.24) is 14.8 Å². The summed E-state index contributed by atoms with van der Waals surface area (Å²) < 4.78 is 20.8. The van der Waals surface area contributed by atoms with E-state index in [1.165, 1.54) is 0 Å². The average molecular weight is 450 g/mol. The van der Waals surface area contributed by atoms with Crippen LogP contribution in [0.3, 0.4) is 0 Å². The van der Waals surface area contributed by atoms with Crippen molar-refractivity contribution >= 4 is 16.7 Å². The highest BCUT2D eigenvalue weighted by atomic mass is 19.1. The highest BCUT2D eigenvalue weighted by molar-refractivity contribution is 5.95. The lowest BCUT2D eigenvalue weighted by molar-refractivity contribution is 0.0951. The zero-order chi connectivity index (χ0) is 22.9. The Balaban J connectivity index is 1.39. The molecule has 1 N–H and O–H groups in total. The van der Waals surface area contributed by atoms with Gasteiger partial charge in [-0.3, -0.25) is 19.1 Å². The topological polar surface area (TPSA) is 63.6 Å². The molecule has 0 spiro atoms. The van der Waals surface area contributed by atoms with Gasteiger partial charge >= 0.3 is 0 Å². The van der Waals surface area contributed by atoms with Gasteiger partial charge in [-0.05, 0) is 67.5 Å². The number of carbonyl (C=O) groups excluding carboxylic acids is 1. The first kappa shape index (κ1) is 21.6. The molecule has 7 heteroatoms. The molecule has 6 nitrogen and oxygen atoms in total. The van der Waals surface area contributed by atoms with Gasteiger partial charge in [-0.1, -0.05) is 12.1 Å². The van der Waals surface area contributed by atoms with Gasteiger partial charge in [0.1, 0.15) is 18.5 Å². The summed E-state index contributed by atoms with van der Waals surface area (Å²) in [5, 5.41) is 4.37. The molecule has 2 aromatic carbocycles. The lowest BCUT2D eigenvalue weighted by Crippen LogP contribution is -2.26. The fourth-order valence-electron chi connectivity index (χ4n) is 4.29. The molecule has 172 valence electrons. The number of hydrogen-bond donors (Lipinski definition) is 1. The van der Waals surface area contributed by atoms with Crippen LogP contribution in [0.25, 0.3) is 16.5 Å². The quantitative estimate of drug-likeness (QED) is 0.599. The standard InChI is InChI=1S/C26H28FN3O3/c1-17-2-3-19(25(31)28-21-5-6-21)14-24(17)30-11-8-18-4-7-22(15-23(18)26(30)32)33-13-12-29-10-9-20(27)16-29/h2-4,7-8,11,14-15,20-21H,5-6,9-10,12-13,16H2,1H3,(H,28,31)/t20-/m0/s1. The minimum absolute atomic E-state index is 0.111. The minimum atomic E-state index is -0.745. The molecule has 33 heavy (non-hydrogen) atoms. The maximum Gasteiger partial charge on any atom is 0.263 e. The summed E-state index contributed by atoms with van der Waals surface area (Å²) in [4.78, 5) is 27.9. The smallest absolute Gasteiger partial charge is 0.263 e. The highest BCUT2D eigenvalue weighted by Gasteiger charge is 2.24. The van der Waals surface area contributed by atoms with Gasteiger partial charge in [-0.15, -0.1) is 0 Å². The number of rotatable bonds is 7. The molecule has 1 aliphatic heterocycles. The van der Waals surface area contributed by atoms with E-state index in [-0.39, 0.29) is 17.5 Å². The molecule has 0 bridgehead atoms. The molecule has 2 fully saturated rings. The van der Waals surface area contributed by atoms with Crippen molar-refractivity contribution in [1.29, 1.82) is 0 Å². The van der Waals surface area contributed by atoms with Gasteiger partial charge in [-0.25, -0.2) is 4.39 Å². The van der Waals surface area contributed by atoms with E-state index in [0.717, 1.165) is 30.3 Å². The molecule has 1 atom stereocenters. The fourth-order valence-corrected chi connectivity index (χ4v) is 4.29. The molecular weight excluding hydrogens is 421 g/mol. The molecule has 5 rings (SSSR count). The van der Waals surface area contributed by atoms with Gasteiger partial charge < -0.3 is 10.1 Å². The van der Waals surface area contributed by atoms with E-state index in [1.807, 2.05) is 36.1 Å². The summed E-state index contributed by atoms with van der Waals surface area (Å²) in [5.41, 5.74) is 1.97. The second-order valence-electron chi connectivity index (χ2n) is 9.02. The third-order valence-corrected chi connectivity index (χ3v) is 6.41. The molecule has 3 aromatic rings. The van der Waals surface area contributed by atoms with Crippen LogP contribution in [0.1, 0.15) is 35.2 Å². The number of halogens is 1. The van der Waals surface area contributed by atoms with Gasteiger partial charge in [0.25, 0.3) is 11.5 Å². The van der Waals surface area contributed by atoms with Crippen LogP contribution in [0.4, 0.5) is 4.39 Å². The maximum atomic E-state index is 13.4. The zero-order valence-electron chi connectivity index (χ0n) is 18.7. The van der Waals surface area contributed by atoms with Crippen LogP contribution < -0.4 is 15.6 Å². The monoisotopic (exact) mass is 449 g/mol. The number of ether oxygens (including phenoxy) is 1. The first-order valence-corrected chi connectivity index (χ1v) is 11.5. The Labute approximate surface area is 192 Å². The normalized spacial score (nSPS) is 18.5. The Morgan fingerprint density at radius 3 is 2.76 bits per heavy atom. The maximum absolute atomic E-state index is 13.4. The summed E-state index contributed by atoms with van der Waals surface area (Å²) in [6.45, 7) is 4.24. The van der Waals surface area contributed by atoms with Crippen molar-refractivity contribution in [3.63, 3.8) is 0 Å². The molecule has 2 aliphatic rings. The summed E-state index contributed by atoms with van der Waals surface area (Å²) in [5.74, 6) is 0.503. The lowest BCUT2D eigenvalue weighted by atomic mass is 10.1. The number of pyridine rings is 1. The number of likely N-dealkylation sites (tertiary alicyclic amines) is 1. The van der Waals surface area contributed by atoms with Crippen LogP contribution >= 0.6 is 0 Å². The minimum Gasteiger partial charge on any atom is -0.492 e. The molecule has 1 amide bonds. The SMILES string of the molecule is Cc1ccc(C(=O)NC2CC2)cc1-n1ccc2ccc(OCCN3CC[C@H](F)C3)cc2c1=O. The molecular formula is C26H28FN3O3. The predicted octanol–water partition coefficient (Wildman–Crippen LogP) is 3.61. The lowest BCUT2D eigenvalue weighted by Gasteiger charge is -2.15. The number of alkyl halides is 1. The summed E-state index contributed by atoms with van der Waals surface area (Å²) in [6, 6.07) is 13.1. The van der Waals surface area contributed by atoms with Crippen molar-refractivity contribution in [2.75, 3.05) is 26.2 Å². The highest BCUT2D eigenvalue weighted by Crippen LogP contribution is 2.23. The predicted molar refractivity (Wildman–Crippen MR) is 126 cm³/mol. The van der Waals surface area contributed by atoms with Crippen LogP contribution in [0, 0.1) is 6.92 Å². The number of nitrogens with zero attached hydrogens (tertiary/aromatic N) is 2. The van der Waals surface area contributed by atoms with E-state index >= 15 is 0 Å². The number of fused-ring (bicyclic) bond motifs is 1. The van der Waals surface area contributed by atoms with Gasteiger partial charge in [0.2, 0.25) is 0 Å². The molecule has 1 aromatic heterocycles. The Morgan fingerprint density at radius 1 is 1.15 bits per heavy atom. The molecule has 1 saturated carbocycles. The van der Waals surface area contributed by atoms with Gasteiger partial charge in [0.05, 0.1) is 11.1 Å². The van der Waals surface area contributed by atoms with E-state index in [4.69, 9.17) is 4.74 Å². The zero-order valence-corrected chi connectivity index (χ0v) is 18.7. The van der Waals surface area contributed by atoms with Crippen molar-refractivity contribution in [3.8, 4) is 11.4 Å². The number of nitrogens with one attached hydrogen (secondary N) is 1. The third kappa shape index (κ3) is 4.78. The second kappa shape index (κ2) is 8.98. The third-order valence-electron chi connectivity index (χ3n) is 6.41. The number of benzene rings is 2. The van der Waals surface area contributed by atoms with E-state index in [0.29, 0.717) is 48.5 Å². The van der Waals surface area contributed by atoms with Gasteiger partial charge in [0.15, 0.2) is 0 Å². The largest absolute Gasteiger partial charge is 0.492 e. The number of aromatic nitrogens is 1. The number of aryl methyl sites for hydroxylation is 1. The second-order valence-corrected chi connectivity index (χ2v) is 9.02. The van der Waals surface area contributed by atoms with Gasteiger partial charge in [0, 0.05) is 37.4 Å². The van der Waals surface area contributed by atoms with Crippen molar-refractivity contribution in [2.45, 2.75) is 38.4 Å². The van der Waals surface area contributed by atoms with E-state index in [1.54, 1.807) is 29.0 Å². The molecule has 2 heterocycles. The van der Waals surface area contributed by atoms with Crippen LogP contribution in [-0.4, -0.2) is 53.8 Å². The Morgan fingerprint density at radius 2 is 2.00 bits per heavy atom. The van der Waals surface area contributed by atoms with Gasteiger partial charge in [-0.2, -0.15) is 0 Å². The van der Waals surface area contributed by atoms with E-state index in [2.05, 4.69) is 5.32 Å². The van der Waals surface area contributed by atoms with E-state index in [9.17, 15) is 14.0 Å². The fraction of sp³-hybridized carbons (Fsp3) is 0.385. The summed E-state index contributed by atoms with van der Waals surface area (Å²) in [6.07, 6.45) is 3.63. The Hall–Kier alpha value is -3.19. The number of hydrogen-bond acceptors (Lipinski definition) is 4. The molecule has 1 saturated heterocycles. The first-order valence-electron chi connectivity index (χ1n) is 11.5. The number of carbonyl (C=O) groups is 1. The van der Waals surface area contributed by atoms with Crippen molar-refractivity contribution in [2.24, 2.45) is 0 Å². The molecule has 0 unspecified atom stereocenters. The molecule has 1 aliphatic carbocycles. The van der Waals surface area contributed by atoms with Crippen molar-refractivity contribution in [3.05, 3.63) is 70.1 Å². The summed E-state index contributed by atoms with van der Waals surface area (Å²) in [7, 11) is 0.